The Hall–Kier alpha value is -1.51. The molecule has 0 atom stereocenters. The monoisotopic (exact) mass is 259 g/mol. The van der Waals surface area contributed by atoms with Crippen molar-refractivity contribution in [2.24, 2.45) is 5.73 Å². The van der Waals surface area contributed by atoms with E-state index in [0.29, 0.717) is 6.04 Å². The second kappa shape index (κ2) is 6.09. The number of nitrogens with zero attached hydrogens (tertiary/aromatic N) is 1. The maximum atomic E-state index is 7.54. The summed E-state index contributed by atoms with van der Waals surface area (Å²) in [4.78, 5) is 2.40. The molecule has 3 heteroatoms. The molecule has 0 radical (unpaired) electrons. The molecule has 1 fully saturated rings. The minimum atomic E-state index is 0.154. The van der Waals surface area contributed by atoms with Crippen molar-refractivity contribution >= 4 is 11.5 Å². The highest BCUT2D eigenvalue weighted by atomic mass is 15.1. The van der Waals surface area contributed by atoms with Gasteiger partial charge >= 0.3 is 0 Å². The first-order valence-electron chi connectivity index (χ1n) is 7.27. The third kappa shape index (κ3) is 3.28. The second-order valence-electron chi connectivity index (χ2n) is 5.67. The van der Waals surface area contributed by atoms with Gasteiger partial charge in [-0.05, 0) is 43.5 Å². The van der Waals surface area contributed by atoms with Crippen molar-refractivity contribution in [2.45, 2.75) is 51.5 Å². The van der Waals surface area contributed by atoms with Gasteiger partial charge in [-0.2, -0.15) is 0 Å². The molecule has 1 aromatic rings. The van der Waals surface area contributed by atoms with Gasteiger partial charge in [0.1, 0.15) is 5.84 Å². The summed E-state index contributed by atoms with van der Waals surface area (Å²) in [7, 11) is 2.19. The lowest BCUT2D eigenvalue weighted by atomic mass is 10.0. The Morgan fingerprint density at radius 3 is 2.37 bits per heavy atom. The molecule has 0 aliphatic heterocycles. The van der Waals surface area contributed by atoms with E-state index in [1.807, 2.05) is 13.0 Å². The van der Waals surface area contributed by atoms with Gasteiger partial charge in [0.05, 0.1) is 0 Å². The van der Waals surface area contributed by atoms with Gasteiger partial charge in [-0.1, -0.05) is 25.7 Å². The summed E-state index contributed by atoms with van der Waals surface area (Å²) >= 11 is 0. The number of anilines is 1. The fourth-order valence-electron chi connectivity index (χ4n) is 3.03. The van der Waals surface area contributed by atoms with E-state index < -0.39 is 0 Å². The van der Waals surface area contributed by atoms with E-state index in [1.54, 1.807) is 0 Å². The van der Waals surface area contributed by atoms with Crippen molar-refractivity contribution in [3.8, 4) is 0 Å². The standard InChI is InChI=1S/C16H25N3/c1-12-11-14(9-10-15(12)16(17)18)19(2)13-7-5-3-4-6-8-13/h9-11,13H,3-8H2,1-2H3,(H3,17,18). The fourth-order valence-corrected chi connectivity index (χ4v) is 3.03. The third-order valence-corrected chi connectivity index (χ3v) is 4.28. The van der Waals surface area contributed by atoms with Crippen LogP contribution in [0.5, 0.6) is 0 Å². The number of aryl methyl sites for hydroxylation is 1. The number of benzene rings is 1. The predicted molar refractivity (Wildman–Crippen MR) is 82.1 cm³/mol. The minimum Gasteiger partial charge on any atom is -0.384 e. The van der Waals surface area contributed by atoms with Crippen molar-refractivity contribution in [2.75, 3.05) is 11.9 Å². The molecule has 3 nitrogen and oxygen atoms in total. The van der Waals surface area contributed by atoms with Gasteiger partial charge in [0.15, 0.2) is 0 Å². The van der Waals surface area contributed by atoms with E-state index in [2.05, 4.69) is 24.1 Å². The number of nitrogen functional groups attached to an aromatic ring is 1. The summed E-state index contributed by atoms with van der Waals surface area (Å²) in [5.74, 6) is 0.154. The predicted octanol–water partition coefficient (Wildman–Crippen LogP) is 3.44. The highest BCUT2D eigenvalue weighted by Crippen LogP contribution is 2.26. The molecule has 104 valence electrons. The molecule has 0 spiro atoms. The first-order chi connectivity index (χ1) is 9.09. The van der Waals surface area contributed by atoms with Gasteiger partial charge in [0.25, 0.3) is 0 Å². The van der Waals surface area contributed by atoms with Gasteiger partial charge in [-0.15, -0.1) is 0 Å². The molecule has 1 aromatic carbocycles. The number of nitrogens with one attached hydrogen (secondary N) is 1. The van der Waals surface area contributed by atoms with E-state index in [1.165, 1.54) is 44.2 Å². The number of hydrogen-bond acceptors (Lipinski definition) is 2. The zero-order valence-electron chi connectivity index (χ0n) is 12.1. The molecular formula is C16H25N3. The van der Waals surface area contributed by atoms with E-state index in [-0.39, 0.29) is 5.84 Å². The van der Waals surface area contributed by atoms with Gasteiger partial charge in [0.2, 0.25) is 0 Å². The molecule has 19 heavy (non-hydrogen) atoms. The summed E-state index contributed by atoms with van der Waals surface area (Å²) < 4.78 is 0. The van der Waals surface area contributed by atoms with Crippen LogP contribution < -0.4 is 10.6 Å². The smallest absolute Gasteiger partial charge is 0.123 e. The van der Waals surface area contributed by atoms with E-state index in [0.717, 1.165) is 11.1 Å². The van der Waals surface area contributed by atoms with Crippen LogP contribution in [-0.4, -0.2) is 18.9 Å². The molecular weight excluding hydrogens is 234 g/mol. The van der Waals surface area contributed by atoms with Crippen molar-refractivity contribution in [3.05, 3.63) is 29.3 Å². The second-order valence-corrected chi connectivity index (χ2v) is 5.67. The Balaban J connectivity index is 2.16. The molecule has 2 rings (SSSR count). The quantitative estimate of drug-likeness (QED) is 0.496. The lowest BCUT2D eigenvalue weighted by molar-refractivity contribution is 0.553. The molecule has 0 amide bonds. The number of amidine groups is 1. The van der Waals surface area contributed by atoms with E-state index in [4.69, 9.17) is 11.1 Å². The number of rotatable bonds is 3. The van der Waals surface area contributed by atoms with E-state index >= 15 is 0 Å². The Bertz CT molecular complexity index is 445. The van der Waals surface area contributed by atoms with Gasteiger partial charge < -0.3 is 10.6 Å². The average molecular weight is 259 g/mol. The number of nitrogens with two attached hydrogens (primary N) is 1. The SMILES string of the molecule is Cc1cc(N(C)C2CCCCCC2)ccc1C(=N)N. The molecule has 1 aliphatic carbocycles. The fraction of sp³-hybridized carbons (Fsp3) is 0.562. The maximum absolute atomic E-state index is 7.54. The Morgan fingerprint density at radius 2 is 1.84 bits per heavy atom. The minimum absolute atomic E-state index is 0.154. The van der Waals surface area contributed by atoms with Crippen molar-refractivity contribution in [1.29, 1.82) is 5.41 Å². The van der Waals surface area contributed by atoms with Crippen LogP contribution in [0.25, 0.3) is 0 Å². The van der Waals surface area contributed by atoms with Gasteiger partial charge in [0, 0.05) is 24.3 Å². The van der Waals surface area contributed by atoms with Crippen LogP contribution in [0.2, 0.25) is 0 Å². The Morgan fingerprint density at radius 1 is 1.21 bits per heavy atom. The van der Waals surface area contributed by atoms with Crippen molar-refractivity contribution in [3.63, 3.8) is 0 Å². The first-order valence-corrected chi connectivity index (χ1v) is 7.27. The van der Waals surface area contributed by atoms with Crippen LogP contribution in [0, 0.1) is 12.3 Å². The first kappa shape index (κ1) is 13.9. The Kier molecular flexibility index (Phi) is 4.46. The van der Waals surface area contributed by atoms with Crippen LogP contribution >= 0.6 is 0 Å². The van der Waals surface area contributed by atoms with Crippen LogP contribution in [-0.2, 0) is 0 Å². The molecule has 1 aliphatic rings. The molecule has 1 saturated carbocycles. The molecule has 0 saturated heterocycles. The lowest BCUT2D eigenvalue weighted by Gasteiger charge is -2.29. The van der Waals surface area contributed by atoms with Crippen molar-refractivity contribution < 1.29 is 0 Å². The topological polar surface area (TPSA) is 53.1 Å². The summed E-state index contributed by atoms with van der Waals surface area (Å²) in [5.41, 5.74) is 8.75. The van der Waals surface area contributed by atoms with Crippen LogP contribution in [0.3, 0.4) is 0 Å². The summed E-state index contributed by atoms with van der Waals surface area (Å²) in [5, 5.41) is 7.54. The zero-order chi connectivity index (χ0) is 13.8. The maximum Gasteiger partial charge on any atom is 0.123 e. The largest absolute Gasteiger partial charge is 0.384 e. The Labute approximate surface area is 116 Å². The molecule has 3 N–H and O–H groups in total. The average Bonchev–Trinajstić information content (AvgIpc) is 2.66. The normalized spacial score (nSPS) is 16.9. The van der Waals surface area contributed by atoms with Crippen LogP contribution in [0.1, 0.15) is 49.7 Å². The number of hydrogen-bond donors (Lipinski definition) is 2. The highest BCUT2D eigenvalue weighted by molar-refractivity contribution is 5.96. The lowest BCUT2D eigenvalue weighted by Crippen LogP contribution is -2.31. The molecule has 0 heterocycles. The van der Waals surface area contributed by atoms with Crippen molar-refractivity contribution in [1.82, 2.24) is 0 Å². The molecule has 0 unspecified atom stereocenters. The molecule has 0 bridgehead atoms. The third-order valence-electron chi connectivity index (χ3n) is 4.28. The molecule has 0 aromatic heterocycles. The zero-order valence-corrected chi connectivity index (χ0v) is 12.1. The van der Waals surface area contributed by atoms with E-state index in [9.17, 15) is 0 Å². The summed E-state index contributed by atoms with van der Waals surface area (Å²) in [6.07, 6.45) is 8.05. The highest BCUT2D eigenvalue weighted by Gasteiger charge is 2.17. The van der Waals surface area contributed by atoms with Crippen LogP contribution in [0.4, 0.5) is 5.69 Å². The summed E-state index contributed by atoms with van der Waals surface area (Å²) in [6.45, 7) is 2.03. The van der Waals surface area contributed by atoms with Crippen LogP contribution in [0.15, 0.2) is 18.2 Å². The van der Waals surface area contributed by atoms with Gasteiger partial charge in [-0.3, -0.25) is 5.41 Å². The summed E-state index contributed by atoms with van der Waals surface area (Å²) in [6, 6.07) is 6.88. The van der Waals surface area contributed by atoms with Gasteiger partial charge in [-0.25, -0.2) is 0 Å².